The number of nitrogens with zero attached hydrogens (tertiary/aromatic N) is 2. The van der Waals surface area contributed by atoms with E-state index >= 15 is 0 Å². The first-order chi connectivity index (χ1) is 16.0. The van der Waals surface area contributed by atoms with Gasteiger partial charge in [-0.15, -0.1) is 0 Å². The minimum absolute atomic E-state index is 0.100. The number of aromatic nitrogens is 1. The predicted octanol–water partition coefficient (Wildman–Crippen LogP) is -0.517. The fourth-order valence-corrected chi connectivity index (χ4v) is 5.79. The summed E-state index contributed by atoms with van der Waals surface area (Å²) >= 11 is 0. The third-order valence-corrected chi connectivity index (χ3v) is 7.93. The molecule has 0 aromatic carbocycles. The number of ether oxygens (including phenoxy) is 1. The third-order valence-electron chi connectivity index (χ3n) is 4.13. The van der Waals surface area contributed by atoms with Crippen molar-refractivity contribution in [1.29, 1.82) is 0 Å². The molecule has 1 aliphatic heterocycles. The Morgan fingerprint density at radius 2 is 1.89 bits per heavy atom. The Kier molecular flexibility index (Phi) is 9.93. The molecule has 0 saturated carbocycles. The second-order valence-corrected chi connectivity index (χ2v) is 11.3. The van der Waals surface area contributed by atoms with Gasteiger partial charge in [0, 0.05) is 12.8 Å². The van der Waals surface area contributed by atoms with Crippen molar-refractivity contribution in [3.05, 3.63) is 27.9 Å². The molecule has 1 saturated heterocycles. The van der Waals surface area contributed by atoms with E-state index in [0.717, 1.165) is 10.6 Å². The van der Waals surface area contributed by atoms with Gasteiger partial charge in [-0.2, -0.15) is 8.62 Å². The first kappa shape index (κ1) is 29.7. The summed E-state index contributed by atoms with van der Waals surface area (Å²) in [4.78, 5) is 46.3. The zero-order chi connectivity index (χ0) is 26.6. The van der Waals surface area contributed by atoms with E-state index in [4.69, 9.17) is 24.5 Å². The number of nitro groups is 1. The van der Waals surface area contributed by atoms with E-state index in [1.807, 2.05) is 0 Å². The Bertz CT molecular complexity index is 1120. The Morgan fingerprint density at radius 1 is 1.23 bits per heavy atom. The van der Waals surface area contributed by atoms with Crippen molar-refractivity contribution < 1.29 is 71.4 Å². The van der Waals surface area contributed by atoms with Crippen molar-refractivity contribution in [3.63, 3.8) is 0 Å². The van der Waals surface area contributed by atoms with E-state index in [2.05, 4.69) is 25.0 Å². The Balaban J connectivity index is 2.08. The highest BCUT2D eigenvalue weighted by Gasteiger charge is 2.44. The number of phosphoric ester groups is 1. The first-order valence-electron chi connectivity index (χ1n) is 9.28. The summed E-state index contributed by atoms with van der Waals surface area (Å²) in [6, 6.07) is 1.09. The zero-order valence-electron chi connectivity index (χ0n) is 17.3. The molecule has 0 aliphatic carbocycles. The van der Waals surface area contributed by atoms with Crippen molar-refractivity contribution in [1.82, 2.24) is 4.57 Å². The number of phosphoric acid groups is 3. The lowest BCUT2D eigenvalue weighted by Gasteiger charge is -2.18. The van der Waals surface area contributed by atoms with Gasteiger partial charge in [-0.3, -0.25) is 4.52 Å². The van der Waals surface area contributed by atoms with Crippen LogP contribution in [0.4, 0.5) is 5.82 Å². The van der Waals surface area contributed by atoms with Crippen LogP contribution in [0.5, 0.6) is 0 Å². The first-order valence-corrected chi connectivity index (χ1v) is 13.8. The standard InChI is InChI=1S/C14H21N2O16P3/c17-7-10(18)3-1-2-9-4-13(16(20)21)15(6-9)14-5-11(19)12(30-14)8-29-34(25,26)32-35(27,28)31-33(22,23)24/h4,6,10-12,14,17-19H,3,5,7-8H2,(H,25,26)(H,27,28)(H2,22,23,24)/t10-,11-,12+,14+/m0/s1. The van der Waals surface area contributed by atoms with E-state index in [0.29, 0.717) is 0 Å². The predicted molar refractivity (Wildman–Crippen MR) is 110 cm³/mol. The molecule has 1 aromatic heterocycles. The molecular weight excluding hydrogens is 545 g/mol. The number of aliphatic hydroxyl groups is 3. The van der Waals surface area contributed by atoms with Crippen molar-refractivity contribution in [2.45, 2.75) is 37.4 Å². The molecule has 21 heteroatoms. The summed E-state index contributed by atoms with van der Waals surface area (Å²) in [6.07, 6.45) is -4.18. The topological polar surface area (TPSA) is 278 Å². The highest BCUT2D eigenvalue weighted by molar-refractivity contribution is 7.66. The fourth-order valence-electron chi connectivity index (χ4n) is 2.76. The Morgan fingerprint density at radius 3 is 2.46 bits per heavy atom. The SMILES string of the molecule is O=[N+]([O-])c1cc(C#CC[C@H](O)CO)cn1[C@H]1C[C@H](O)[C@@H](COP(=O)(O)OP(=O)(O)OP(=O)(O)O)O1. The number of rotatable bonds is 11. The second-order valence-electron chi connectivity index (χ2n) is 6.91. The van der Waals surface area contributed by atoms with Crippen molar-refractivity contribution >= 4 is 29.3 Å². The van der Waals surface area contributed by atoms with Crippen molar-refractivity contribution in [2.24, 2.45) is 0 Å². The molecule has 0 radical (unpaired) electrons. The number of aliphatic hydroxyl groups excluding tert-OH is 3. The smallest absolute Gasteiger partial charge is 0.394 e. The molecule has 35 heavy (non-hydrogen) atoms. The largest absolute Gasteiger partial charge is 0.490 e. The van der Waals surface area contributed by atoms with Crippen LogP contribution in [0.3, 0.4) is 0 Å². The van der Waals surface area contributed by atoms with Crippen molar-refractivity contribution in [2.75, 3.05) is 13.2 Å². The van der Waals surface area contributed by atoms with Crippen LogP contribution < -0.4 is 0 Å². The van der Waals surface area contributed by atoms with Crippen LogP contribution in [-0.2, 0) is 31.6 Å². The van der Waals surface area contributed by atoms with Gasteiger partial charge in [0.2, 0.25) is 6.23 Å². The number of hydrogen-bond acceptors (Lipinski definition) is 12. The van der Waals surface area contributed by atoms with Gasteiger partial charge in [-0.05, 0) is 4.92 Å². The lowest BCUT2D eigenvalue weighted by molar-refractivity contribution is -0.393. The minimum atomic E-state index is -5.73. The van der Waals surface area contributed by atoms with Crippen LogP contribution in [0.25, 0.3) is 0 Å². The van der Waals surface area contributed by atoms with Crippen LogP contribution in [0, 0.1) is 22.0 Å². The van der Waals surface area contributed by atoms with E-state index in [-0.39, 0.29) is 18.4 Å². The number of hydrogen-bond donors (Lipinski definition) is 7. The molecule has 2 rings (SSSR count). The highest BCUT2D eigenvalue weighted by Crippen LogP contribution is 2.66. The molecule has 0 spiro atoms. The molecule has 198 valence electrons. The van der Waals surface area contributed by atoms with Crippen molar-refractivity contribution in [3.8, 4) is 11.8 Å². The minimum Gasteiger partial charge on any atom is -0.394 e. The van der Waals surface area contributed by atoms with Crippen LogP contribution in [0.15, 0.2) is 12.3 Å². The summed E-state index contributed by atoms with van der Waals surface area (Å²) in [6.45, 7) is -1.46. The summed E-state index contributed by atoms with van der Waals surface area (Å²) in [5, 5.41) is 39.6. The monoisotopic (exact) mass is 566 g/mol. The van der Waals surface area contributed by atoms with Crippen LogP contribution in [0.1, 0.15) is 24.6 Å². The molecule has 2 unspecified atom stereocenters. The maximum Gasteiger partial charge on any atom is 0.490 e. The summed E-state index contributed by atoms with van der Waals surface area (Å²) in [5.74, 6) is 4.61. The quantitative estimate of drug-likeness (QED) is 0.0768. The molecule has 1 aliphatic rings. The van der Waals surface area contributed by atoms with E-state index in [9.17, 15) is 38.9 Å². The van der Waals surface area contributed by atoms with Gasteiger partial charge in [-0.1, -0.05) is 11.8 Å². The summed E-state index contributed by atoms with van der Waals surface area (Å²) in [7, 11) is -16.8. The molecule has 7 N–H and O–H groups in total. The average molecular weight is 566 g/mol. The second kappa shape index (κ2) is 11.7. The zero-order valence-corrected chi connectivity index (χ0v) is 20.0. The van der Waals surface area contributed by atoms with Crippen LogP contribution in [0.2, 0.25) is 0 Å². The van der Waals surface area contributed by atoms with Crippen LogP contribution in [-0.4, -0.2) is 75.9 Å². The molecule has 0 amide bonds. The van der Waals surface area contributed by atoms with Gasteiger partial charge < -0.3 is 49.7 Å². The highest BCUT2D eigenvalue weighted by atomic mass is 31.3. The van der Waals surface area contributed by atoms with Gasteiger partial charge in [-0.25, -0.2) is 18.3 Å². The van der Waals surface area contributed by atoms with Gasteiger partial charge in [0.25, 0.3) is 0 Å². The van der Waals surface area contributed by atoms with Crippen LogP contribution >= 0.6 is 23.5 Å². The normalized spacial score (nSPS) is 24.7. The van der Waals surface area contributed by atoms with Gasteiger partial charge in [0.15, 0.2) is 0 Å². The lowest BCUT2D eigenvalue weighted by atomic mass is 10.2. The van der Waals surface area contributed by atoms with Gasteiger partial charge in [0.05, 0.1) is 37.1 Å². The van der Waals surface area contributed by atoms with E-state index < -0.39 is 72.0 Å². The summed E-state index contributed by atoms with van der Waals surface area (Å²) < 4.78 is 51.8. The average Bonchev–Trinajstić information content (AvgIpc) is 3.27. The molecule has 2 heterocycles. The Labute approximate surface area is 196 Å². The van der Waals surface area contributed by atoms with E-state index in [1.54, 1.807) is 0 Å². The van der Waals surface area contributed by atoms with E-state index in [1.165, 1.54) is 6.20 Å². The molecule has 1 aromatic rings. The molecular formula is C14H21N2O16P3. The molecule has 18 nitrogen and oxygen atoms in total. The lowest BCUT2D eigenvalue weighted by Crippen LogP contribution is -2.26. The van der Waals surface area contributed by atoms with Gasteiger partial charge in [0.1, 0.15) is 12.3 Å². The summed E-state index contributed by atoms with van der Waals surface area (Å²) in [5.41, 5.74) is 0.150. The Hall–Kier alpha value is -1.51. The molecule has 6 atom stereocenters. The fraction of sp³-hybridized carbons (Fsp3) is 0.571. The van der Waals surface area contributed by atoms with Gasteiger partial charge >= 0.3 is 29.3 Å². The maximum absolute atomic E-state index is 11.8. The molecule has 1 fully saturated rings. The maximum atomic E-state index is 11.8. The third kappa shape index (κ3) is 9.47. The molecule has 0 bridgehead atoms.